The quantitative estimate of drug-likeness (QED) is 0.795. The van der Waals surface area contributed by atoms with E-state index in [-0.39, 0.29) is 18.0 Å². The van der Waals surface area contributed by atoms with Crippen LogP contribution < -0.4 is 4.72 Å². The van der Waals surface area contributed by atoms with Crippen molar-refractivity contribution in [3.63, 3.8) is 0 Å². The predicted octanol–water partition coefficient (Wildman–Crippen LogP) is 1.49. The van der Waals surface area contributed by atoms with Gasteiger partial charge in [0, 0.05) is 17.6 Å². The number of hydrogen-bond donors (Lipinski definition) is 2. The Morgan fingerprint density at radius 1 is 1.55 bits per heavy atom. The van der Waals surface area contributed by atoms with Crippen molar-refractivity contribution in [1.29, 1.82) is 0 Å². The molecule has 2 rings (SSSR count). The Hall–Kier alpha value is -0.740. The molecule has 0 aliphatic rings. The van der Waals surface area contributed by atoms with Gasteiger partial charge in [0.05, 0.1) is 23.1 Å². The molecule has 110 valence electrons. The fourth-order valence-corrected chi connectivity index (χ4v) is 5.18. The van der Waals surface area contributed by atoms with E-state index in [1.54, 1.807) is 10.9 Å². The van der Waals surface area contributed by atoms with Crippen LogP contribution >= 0.6 is 27.3 Å². The highest BCUT2D eigenvalue weighted by atomic mass is 79.9. The van der Waals surface area contributed by atoms with Crippen LogP contribution in [-0.4, -0.2) is 29.8 Å². The number of aryl methyl sites for hydroxylation is 1. The molecule has 0 spiro atoms. The van der Waals surface area contributed by atoms with Gasteiger partial charge in [-0.25, -0.2) is 13.1 Å². The fraction of sp³-hybridized carbons (Fsp3) is 0.364. The summed E-state index contributed by atoms with van der Waals surface area (Å²) in [5.74, 6) is 0. The van der Waals surface area contributed by atoms with Gasteiger partial charge in [0.2, 0.25) is 10.0 Å². The van der Waals surface area contributed by atoms with Crippen LogP contribution in [0.2, 0.25) is 0 Å². The van der Waals surface area contributed by atoms with E-state index in [1.165, 1.54) is 17.4 Å². The molecule has 0 atom stereocenters. The first-order chi connectivity index (χ1) is 9.42. The molecule has 20 heavy (non-hydrogen) atoms. The second-order valence-corrected chi connectivity index (χ2v) is 8.38. The number of aromatic nitrogens is 2. The van der Waals surface area contributed by atoms with Crippen molar-refractivity contribution in [1.82, 2.24) is 14.5 Å². The van der Waals surface area contributed by atoms with Crippen molar-refractivity contribution >= 4 is 37.3 Å². The molecule has 0 radical (unpaired) electrons. The Morgan fingerprint density at radius 2 is 2.30 bits per heavy atom. The lowest BCUT2D eigenvalue weighted by molar-refractivity contribution is 0.285. The predicted molar refractivity (Wildman–Crippen MR) is 80.1 cm³/mol. The lowest BCUT2D eigenvalue weighted by Crippen LogP contribution is -2.27. The summed E-state index contributed by atoms with van der Waals surface area (Å²) < 4.78 is 29.0. The zero-order chi connectivity index (χ0) is 14.8. The molecule has 0 aliphatic heterocycles. The van der Waals surface area contributed by atoms with Gasteiger partial charge in [0.1, 0.15) is 4.90 Å². The maximum Gasteiger partial charge on any atom is 0.242 e. The first kappa shape index (κ1) is 15.6. The third kappa shape index (κ3) is 3.67. The summed E-state index contributed by atoms with van der Waals surface area (Å²) in [7, 11) is -3.58. The molecule has 2 heterocycles. The van der Waals surface area contributed by atoms with Gasteiger partial charge in [-0.15, -0.1) is 11.3 Å². The minimum atomic E-state index is -3.58. The van der Waals surface area contributed by atoms with Gasteiger partial charge < -0.3 is 5.11 Å². The molecule has 9 heteroatoms. The Bertz CT molecular complexity index is 694. The van der Waals surface area contributed by atoms with Gasteiger partial charge in [-0.05, 0) is 34.5 Å². The molecule has 2 N–H and O–H groups in total. The van der Waals surface area contributed by atoms with E-state index in [4.69, 9.17) is 5.11 Å². The highest BCUT2D eigenvalue weighted by Crippen LogP contribution is 2.31. The standard InChI is InChI=1S/C11H14BrN3O3S2/c1-8-5-13-15(6-8)3-2-14-20(17,18)10-4-9(7-16)19-11(10)12/h4-6,14,16H,2-3,7H2,1H3. The molecule has 0 aromatic carbocycles. The summed E-state index contributed by atoms with van der Waals surface area (Å²) in [5.41, 5.74) is 1.03. The normalized spacial score (nSPS) is 11.9. The van der Waals surface area contributed by atoms with E-state index in [9.17, 15) is 8.42 Å². The van der Waals surface area contributed by atoms with E-state index in [1.807, 2.05) is 13.1 Å². The Kier molecular flexibility index (Phi) is 4.97. The molecule has 0 saturated carbocycles. The number of hydrogen-bond acceptors (Lipinski definition) is 5. The maximum atomic E-state index is 12.1. The van der Waals surface area contributed by atoms with Crippen LogP contribution in [0.1, 0.15) is 10.4 Å². The Morgan fingerprint density at radius 3 is 2.85 bits per heavy atom. The molecular formula is C11H14BrN3O3S2. The number of thiophene rings is 1. The van der Waals surface area contributed by atoms with E-state index < -0.39 is 10.0 Å². The van der Waals surface area contributed by atoms with Crippen LogP contribution in [0, 0.1) is 6.92 Å². The molecule has 2 aromatic rings. The number of sulfonamides is 1. The number of nitrogens with one attached hydrogen (secondary N) is 1. The minimum absolute atomic E-state index is 0.156. The second kappa shape index (κ2) is 6.35. The lowest BCUT2D eigenvalue weighted by Gasteiger charge is -2.05. The third-order valence-electron chi connectivity index (χ3n) is 2.55. The molecule has 0 amide bonds. The summed E-state index contributed by atoms with van der Waals surface area (Å²) in [5, 5.41) is 13.1. The van der Waals surface area contributed by atoms with E-state index in [2.05, 4.69) is 25.8 Å². The molecule has 0 bridgehead atoms. The summed E-state index contributed by atoms with van der Waals surface area (Å²) in [4.78, 5) is 0.753. The topological polar surface area (TPSA) is 84.2 Å². The summed E-state index contributed by atoms with van der Waals surface area (Å²) in [6.45, 7) is 2.46. The van der Waals surface area contributed by atoms with Crippen molar-refractivity contribution in [2.75, 3.05) is 6.54 Å². The molecule has 2 aromatic heterocycles. The highest BCUT2D eigenvalue weighted by molar-refractivity contribution is 9.11. The Labute approximate surface area is 129 Å². The van der Waals surface area contributed by atoms with Crippen LogP contribution in [0.4, 0.5) is 0 Å². The van der Waals surface area contributed by atoms with Crippen molar-refractivity contribution in [3.8, 4) is 0 Å². The zero-order valence-corrected chi connectivity index (χ0v) is 13.9. The van der Waals surface area contributed by atoms with Crippen LogP contribution in [0.3, 0.4) is 0 Å². The molecule has 0 aliphatic carbocycles. The van der Waals surface area contributed by atoms with Crippen molar-refractivity contribution in [3.05, 3.63) is 32.7 Å². The first-order valence-electron chi connectivity index (χ1n) is 5.80. The van der Waals surface area contributed by atoms with Crippen LogP contribution in [0.5, 0.6) is 0 Å². The van der Waals surface area contributed by atoms with Gasteiger partial charge in [-0.3, -0.25) is 4.68 Å². The van der Waals surface area contributed by atoms with Crippen molar-refractivity contribution in [2.45, 2.75) is 25.0 Å². The number of aliphatic hydroxyl groups is 1. The van der Waals surface area contributed by atoms with E-state index in [0.29, 0.717) is 15.2 Å². The molecule has 0 fully saturated rings. The monoisotopic (exact) mass is 379 g/mol. The molecule has 6 nitrogen and oxygen atoms in total. The van der Waals surface area contributed by atoms with Gasteiger partial charge in [0.15, 0.2) is 0 Å². The van der Waals surface area contributed by atoms with Gasteiger partial charge >= 0.3 is 0 Å². The fourth-order valence-electron chi connectivity index (χ4n) is 1.62. The number of halogens is 1. The SMILES string of the molecule is Cc1cnn(CCNS(=O)(=O)c2cc(CO)sc2Br)c1. The van der Waals surface area contributed by atoms with Gasteiger partial charge in [0.25, 0.3) is 0 Å². The van der Waals surface area contributed by atoms with E-state index in [0.717, 1.165) is 5.56 Å². The van der Waals surface area contributed by atoms with E-state index >= 15 is 0 Å². The van der Waals surface area contributed by atoms with Crippen molar-refractivity contribution in [2.24, 2.45) is 0 Å². The Balaban J connectivity index is 2.01. The molecule has 0 saturated heterocycles. The zero-order valence-electron chi connectivity index (χ0n) is 10.7. The third-order valence-corrected chi connectivity index (χ3v) is 6.25. The smallest absolute Gasteiger partial charge is 0.242 e. The van der Waals surface area contributed by atoms with Crippen LogP contribution in [0.25, 0.3) is 0 Å². The summed E-state index contributed by atoms with van der Waals surface area (Å²) in [6.07, 6.45) is 3.57. The summed E-state index contributed by atoms with van der Waals surface area (Å²) in [6, 6.07) is 1.47. The number of nitrogens with zero attached hydrogens (tertiary/aromatic N) is 2. The summed E-state index contributed by atoms with van der Waals surface area (Å²) >= 11 is 4.41. The van der Waals surface area contributed by atoms with Crippen LogP contribution in [0.15, 0.2) is 27.1 Å². The number of rotatable bonds is 6. The lowest BCUT2D eigenvalue weighted by atomic mass is 10.4. The van der Waals surface area contributed by atoms with Gasteiger partial charge in [-0.2, -0.15) is 5.10 Å². The average molecular weight is 380 g/mol. The first-order valence-corrected chi connectivity index (χ1v) is 8.89. The van der Waals surface area contributed by atoms with Crippen LogP contribution in [-0.2, 0) is 23.2 Å². The second-order valence-electron chi connectivity index (χ2n) is 4.19. The average Bonchev–Trinajstić information content (AvgIpc) is 2.95. The molecule has 0 unspecified atom stereocenters. The van der Waals surface area contributed by atoms with Crippen molar-refractivity contribution < 1.29 is 13.5 Å². The number of aliphatic hydroxyl groups excluding tert-OH is 1. The largest absolute Gasteiger partial charge is 0.391 e. The minimum Gasteiger partial charge on any atom is -0.391 e. The highest BCUT2D eigenvalue weighted by Gasteiger charge is 2.20. The molecular weight excluding hydrogens is 366 g/mol. The maximum absolute atomic E-state index is 12.1. The van der Waals surface area contributed by atoms with Gasteiger partial charge in [-0.1, -0.05) is 0 Å².